The van der Waals surface area contributed by atoms with Crippen LogP contribution in [0.1, 0.15) is 67.2 Å². The first-order valence-corrected chi connectivity index (χ1v) is 14.7. The molecule has 4 N–H and O–H groups in total. The number of nitrogens with two attached hydrogens (primary N) is 2. The van der Waals surface area contributed by atoms with Gasteiger partial charge >= 0.3 is 11.9 Å². The first-order chi connectivity index (χ1) is 19.2. The molecule has 0 aliphatic rings. The second kappa shape index (κ2) is 15.1. The molecule has 0 radical (unpaired) electrons. The number of carbonyl (C=O) groups is 2. The Bertz CT molecular complexity index is 1080. The summed E-state index contributed by atoms with van der Waals surface area (Å²) in [4.78, 5) is 30.4. The van der Waals surface area contributed by atoms with E-state index in [0.717, 1.165) is 12.8 Å². The van der Waals surface area contributed by atoms with Gasteiger partial charge in [-0.05, 0) is 72.4 Å². The summed E-state index contributed by atoms with van der Waals surface area (Å²) in [5, 5.41) is -0.0869. The number of benzene rings is 2. The van der Waals surface area contributed by atoms with E-state index in [-0.39, 0.29) is 27.7 Å². The quantitative estimate of drug-likeness (QED) is 0.122. The number of rotatable bonds is 14. The van der Waals surface area contributed by atoms with Crippen molar-refractivity contribution in [1.29, 1.82) is 0 Å². The van der Waals surface area contributed by atoms with Gasteiger partial charge in [-0.3, -0.25) is 0 Å². The van der Waals surface area contributed by atoms with Crippen molar-refractivity contribution in [3.63, 3.8) is 0 Å². The molecule has 2 unspecified atom stereocenters. The van der Waals surface area contributed by atoms with Gasteiger partial charge in [0.25, 0.3) is 0 Å². The maximum Gasteiger partial charge on any atom is 0.334 e. The third kappa shape index (κ3) is 10.6. The van der Waals surface area contributed by atoms with E-state index in [0.29, 0.717) is 24.3 Å². The molecule has 2 aromatic rings. The summed E-state index contributed by atoms with van der Waals surface area (Å²) in [5.41, 5.74) is 12.0. The Balaban J connectivity index is 2.51. The molecule has 10 heteroatoms. The van der Waals surface area contributed by atoms with Crippen LogP contribution in [-0.4, -0.2) is 50.7 Å². The zero-order valence-corrected chi connectivity index (χ0v) is 26.6. The average molecular weight is 601 g/mol. The molecule has 0 aromatic heterocycles. The molecule has 41 heavy (non-hydrogen) atoms. The topological polar surface area (TPSA) is 111 Å². The fraction of sp³-hybridized carbons (Fsp3) is 0.484. The SMILES string of the molecule is CCC(C)(C)CC(C(=O)Oc1ccccc1)N(CN(C(N)=S)C(CC(C)(C)CC)C(=O)Oc1ccccc1)C(N)=S. The highest BCUT2D eigenvalue weighted by Crippen LogP contribution is 2.32. The minimum absolute atomic E-state index is 0.0434. The number of carbonyl (C=O) groups excluding carboxylic acids is 2. The second-order valence-electron chi connectivity index (χ2n) is 11.7. The number of hydrogen-bond donors (Lipinski definition) is 2. The molecule has 0 aliphatic heterocycles. The smallest absolute Gasteiger partial charge is 0.334 e. The zero-order chi connectivity index (χ0) is 30.8. The van der Waals surface area contributed by atoms with Crippen molar-refractivity contribution in [2.75, 3.05) is 6.67 Å². The Labute approximate surface area is 255 Å². The van der Waals surface area contributed by atoms with E-state index in [1.54, 1.807) is 58.3 Å². The number of esters is 2. The molecule has 0 amide bonds. The summed E-state index contributed by atoms with van der Waals surface area (Å²) in [5.74, 6) is -0.240. The molecule has 2 rings (SSSR count). The van der Waals surface area contributed by atoms with E-state index in [1.165, 1.54) is 0 Å². The van der Waals surface area contributed by atoms with Crippen molar-refractivity contribution < 1.29 is 19.1 Å². The summed E-state index contributed by atoms with van der Waals surface area (Å²) in [6.45, 7) is 12.2. The van der Waals surface area contributed by atoms with E-state index >= 15 is 0 Å². The van der Waals surface area contributed by atoms with Crippen molar-refractivity contribution in [2.45, 2.75) is 79.3 Å². The lowest BCUT2D eigenvalue weighted by atomic mass is 9.82. The molecule has 0 saturated heterocycles. The third-order valence-electron chi connectivity index (χ3n) is 7.50. The minimum Gasteiger partial charge on any atom is -0.425 e. The first-order valence-electron chi connectivity index (χ1n) is 13.9. The van der Waals surface area contributed by atoms with Crippen LogP contribution < -0.4 is 20.9 Å². The van der Waals surface area contributed by atoms with E-state index in [4.69, 9.17) is 45.4 Å². The third-order valence-corrected chi connectivity index (χ3v) is 7.97. The molecule has 0 bridgehead atoms. The van der Waals surface area contributed by atoms with E-state index < -0.39 is 24.0 Å². The van der Waals surface area contributed by atoms with E-state index in [9.17, 15) is 9.59 Å². The van der Waals surface area contributed by atoms with Crippen molar-refractivity contribution in [3.8, 4) is 11.5 Å². The van der Waals surface area contributed by atoms with Crippen LogP contribution in [0, 0.1) is 10.8 Å². The van der Waals surface area contributed by atoms with Gasteiger partial charge in [0.05, 0.1) is 6.67 Å². The second-order valence-corrected chi connectivity index (χ2v) is 12.5. The number of para-hydroxylation sites is 2. The first kappa shape index (κ1) is 34.0. The predicted octanol–water partition coefficient (Wildman–Crippen LogP) is 5.64. The van der Waals surface area contributed by atoms with Gasteiger partial charge in [0.15, 0.2) is 10.2 Å². The summed E-state index contributed by atoms with van der Waals surface area (Å²) in [6.07, 6.45) is 2.36. The number of ether oxygens (including phenoxy) is 2. The Hall–Kier alpha value is -3.24. The highest BCUT2D eigenvalue weighted by molar-refractivity contribution is 7.80. The van der Waals surface area contributed by atoms with E-state index in [1.807, 2.05) is 12.1 Å². The van der Waals surface area contributed by atoms with Crippen LogP contribution in [0.4, 0.5) is 0 Å². The van der Waals surface area contributed by atoms with Gasteiger partial charge in [0.2, 0.25) is 0 Å². The highest BCUT2D eigenvalue weighted by Gasteiger charge is 2.39. The van der Waals surface area contributed by atoms with Crippen molar-refractivity contribution in [3.05, 3.63) is 60.7 Å². The molecular formula is C31H44N4O4S2. The van der Waals surface area contributed by atoms with Crippen molar-refractivity contribution in [2.24, 2.45) is 22.3 Å². The molecule has 0 fully saturated rings. The fourth-order valence-electron chi connectivity index (χ4n) is 4.13. The molecule has 224 valence electrons. The molecule has 2 atom stereocenters. The molecule has 0 saturated carbocycles. The van der Waals surface area contributed by atoms with Crippen molar-refractivity contribution in [1.82, 2.24) is 9.80 Å². The lowest BCUT2D eigenvalue weighted by Gasteiger charge is -2.41. The normalized spacial score (nSPS) is 13.0. The Morgan fingerprint density at radius 1 is 0.707 bits per heavy atom. The molecule has 8 nitrogen and oxygen atoms in total. The molecule has 0 heterocycles. The summed E-state index contributed by atoms with van der Waals surface area (Å²) in [7, 11) is 0. The highest BCUT2D eigenvalue weighted by atomic mass is 32.1. The van der Waals surface area contributed by atoms with Gasteiger partial charge in [-0.2, -0.15) is 0 Å². The lowest BCUT2D eigenvalue weighted by molar-refractivity contribution is -0.142. The maximum absolute atomic E-state index is 13.7. The van der Waals surface area contributed by atoms with Gasteiger partial charge in [-0.1, -0.05) is 90.8 Å². The monoisotopic (exact) mass is 600 g/mol. The van der Waals surface area contributed by atoms with Crippen LogP contribution in [0.2, 0.25) is 0 Å². The van der Waals surface area contributed by atoms with Crippen LogP contribution in [0.25, 0.3) is 0 Å². The van der Waals surface area contributed by atoms with Crippen LogP contribution in [0.5, 0.6) is 11.5 Å². The van der Waals surface area contributed by atoms with Gasteiger partial charge in [-0.25, -0.2) is 9.59 Å². The van der Waals surface area contributed by atoms with Gasteiger partial charge in [-0.15, -0.1) is 0 Å². The number of thiocarbonyl (C=S) groups is 2. The molecule has 0 aliphatic carbocycles. The van der Waals surface area contributed by atoms with E-state index in [2.05, 4.69) is 41.5 Å². The maximum atomic E-state index is 13.7. The summed E-state index contributed by atoms with van der Waals surface area (Å²) < 4.78 is 11.5. The summed E-state index contributed by atoms with van der Waals surface area (Å²) >= 11 is 10.9. The predicted molar refractivity (Wildman–Crippen MR) is 171 cm³/mol. The van der Waals surface area contributed by atoms with Gasteiger partial charge in [0, 0.05) is 0 Å². The minimum atomic E-state index is -0.871. The number of nitrogens with zero attached hydrogens (tertiary/aromatic N) is 2. The van der Waals surface area contributed by atoms with Gasteiger partial charge < -0.3 is 30.7 Å². The Morgan fingerprint density at radius 2 is 1.02 bits per heavy atom. The summed E-state index contributed by atoms with van der Waals surface area (Å²) in [6, 6.07) is 15.9. The Morgan fingerprint density at radius 3 is 1.29 bits per heavy atom. The van der Waals surface area contributed by atoms with Gasteiger partial charge in [0.1, 0.15) is 23.6 Å². The largest absolute Gasteiger partial charge is 0.425 e. The zero-order valence-electron chi connectivity index (χ0n) is 25.0. The van der Waals surface area contributed by atoms with Crippen molar-refractivity contribution >= 4 is 46.6 Å². The molecule has 0 spiro atoms. The molecule has 2 aromatic carbocycles. The standard InChI is InChI=1S/C31H44N4O4S2/c1-7-30(3,4)19-24(26(36)38-22-15-11-9-12-16-22)34(28(32)40)21-35(29(33)41)25(20-31(5,6)8-2)27(37)39-23-17-13-10-14-18-23/h9-18,24-25H,7-8,19-21H2,1-6H3,(H2,32,40)(H2,33,41). The lowest BCUT2D eigenvalue weighted by Crippen LogP contribution is -2.60. The van der Waals surface area contributed by atoms with Crippen LogP contribution >= 0.6 is 24.4 Å². The van der Waals surface area contributed by atoms with Crippen LogP contribution in [0.15, 0.2) is 60.7 Å². The average Bonchev–Trinajstić information content (AvgIpc) is 2.92. The molecular weight excluding hydrogens is 556 g/mol. The number of hydrogen-bond acceptors (Lipinski definition) is 6. The van der Waals surface area contributed by atoms with Crippen LogP contribution in [-0.2, 0) is 9.59 Å². The van der Waals surface area contributed by atoms with Crippen LogP contribution in [0.3, 0.4) is 0 Å². The Kier molecular flexibility index (Phi) is 12.5. The fourth-order valence-corrected chi connectivity index (χ4v) is 4.50.